The van der Waals surface area contributed by atoms with Gasteiger partial charge >= 0.3 is 0 Å². The average molecular weight is 517 g/mol. The number of rotatable bonds is 6. The maximum atomic E-state index is 14.0. The van der Waals surface area contributed by atoms with Crippen LogP contribution in [0, 0.1) is 17.6 Å². The molecule has 1 aliphatic carbocycles. The van der Waals surface area contributed by atoms with E-state index in [9.17, 15) is 28.3 Å². The van der Waals surface area contributed by atoms with E-state index >= 15 is 0 Å². The molecule has 0 radical (unpaired) electrons. The van der Waals surface area contributed by atoms with E-state index < -0.39 is 34.6 Å². The molecule has 37 heavy (non-hydrogen) atoms. The first-order valence-electron chi connectivity index (χ1n) is 12.5. The van der Waals surface area contributed by atoms with Crippen molar-refractivity contribution in [2.24, 2.45) is 5.92 Å². The van der Waals surface area contributed by atoms with Gasteiger partial charge in [-0.1, -0.05) is 18.9 Å². The Kier molecular flexibility index (Phi) is 7.00. The van der Waals surface area contributed by atoms with Crippen molar-refractivity contribution in [1.82, 2.24) is 19.7 Å². The highest BCUT2D eigenvalue weighted by Crippen LogP contribution is 2.39. The van der Waals surface area contributed by atoms with Crippen LogP contribution in [-0.2, 0) is 17.8 Å². The number of aromatic nitrogens is 1. The Morgan fingerprint density at radius 1 is 1.19 bits per heavy atom. The maximum Gasteiger partial charge on any atom is 0.276 e. The Morgan fingerprint density at radius 3 is 2.73 bits per heavy atom. The number of carbonyl (C=O) groups is 2. The lowest BCUT2D eigenvalue weighted by atomic mass is 9.80. The number of hydrogen-bond acceptors (Lipinski definition) is 6. The number of benzene rings is 1. The molecule has 3 heterocycles. The summed E-state index contributed by atoms with van der Waals surface area (Å²) >= 11 is 0. The highest BCUT2D eigenvalue weighted by Gasteiger charge is 2.48. The molecule has 0 bridgehead atoms. The van der Waals surface area contributed by atoms with Gasteiger partial charge in [-0.3, -0.25) is 19.3 Å². The van der Waals surface area contributed by atoms with Crippen molar-refractivity contribution in [3.05, 3.63) is 63.1 Å². The predicted octanol–water partition coefficient (Wildman–Crippen LogP) is 2.06. The fraction of sp³-hybridized carbons (Fsp3) is 0.500. The molecular formula is C26H30F2N4O5. The second kappa shape index (κ2) is 10.2. The SMILES string of the molecule is COCCN1CC2CCCCC2N2C(=O)c3c(O)c(=O)c(C(=O)NCc4ccc(F)cc4F)cn3CC12. The van der Waals surface area contributed by atoms with Gasteiger partial charge in [0.1, 0.15) is 23.4 Å². The number of halogens is 2. The van der Waals surface area contributed by atoms with Crippen molar-refractivity contribution in [2.45, 2.75) is 51.0 Å². The molecule has 5 rings (SSSR count). The zero-order valence-corrected chi connectivity index (χ0v) is 20.6. The van der Waals surface area contributed by atoms with Crippen molar-refractivity contribution in [3.63, 3.8) is 0 Å². The molecule has 3 unspecified atom stereocenters. The quantitative estimate of drug-likeness (QED) is 0.609. The number of fused-ring (bicyclic) bond motifs is 4. The minimum atomic E-state index is -0.969. The molecule has 3 aliphatic rings. The summed E-state index contributed by atoms with van der Waals surface area (Å²) < 4.78 is 33.9. The van der Waals surface area contributed by atoms with Crippen molar-refractivity contribution >= 4 is 11.8 Å². The van der Waals surface area contributed by atoms with Gasteiger partial charge in [-0.25, -0.2) is 8.78 Å². The first-order valence-corrected chi connectivity index (χ1v) is 12.5. The zero-order valence-electron chi connectivity index (χ0n) is 20.6. The summed E-state index contributed by atoms with van der Waals surface area (Å²) in [6.45, 7) is 1.92. The first-order chi connectivity index (χ1) is 17.8. The summed E-state index contributed by atoms with van der Waals surface area (Å²) in [5, 5.41) is 13.2. The number of aromatic hydroxyl groups is 1. The second-order valence-corrected chi connectivity index (χ2v) is 9.93. The van der Waals surface area contributed by atoms with E-state index in [1.54, 1.807) is 7.11 Å². The molecule has 0 spiro atoms. The van der Waals surface area contributed by atoms with Gasteiger partial charge in [0.2, 0.25) is 5.43 Å². The molecule has 9 nitrogen and oxygen atoms in total. The lowest BCUT2D eigenvalue weighted by Crippen LogP contribution is -2.68. The predicted molar refractivity (Wildman–Crippen MR) is 129 cm³/mol. The fourth-order valence-electron chi connectivity index (χ4n) is 5.94. The van der Waals surface area contributed by atoms with Gasteiger partial charge in [0.05, 0.1) is 13.2 Å². The summed E-state index contributed by atoms with van der Waals surface area (Å²) in [6.07, 6.45) is 4.98. The van der Waals surface area contributed by atoms with Crippen molar-refractivity contribution < 1.29 is 28.2 Å². The van der Waals surface area contributed by atoms with E-state index in [2.05, 4.69) is 10.2 Å². The topological polar surface area (TPSA) is 104 Å². The molecule has 2 aliphatic heterocycles. The van der Waals surface area contributed by atoms with Crippen LogP contribution in [0.15, 0.2) is 29.2 Å². The van der Waals surface area contributed by atoms with Crippen molar-refractivity contribution in [1.29, 1.82) is 0 Å². The van der Waals surface area contributed by atoms with E-state index in [0.717, 1.165) is 38.3 Å². The van der Waals surface area contributed by atoms with Crippen LogP contribution in [-0.4, -0.2) is 70.3 Å². The maximum absolute atomic E-state index is 14.0. The highest BCUT2D eigenvalue weighted by atomic mass is 19.1. The van der Waals surface area contributed by atoms with Crippen molar-refractivity contribution in [3.8, 4) is 5.75 Å². The second-order valence-electron chi connectivity index (χ2n) is 9.93. The van der Waals surface area contributed by atoms with Gasteiger partial charge < -0.3 is 24.6 Å². The van der Waals surface area contributed by atoms with Gasteiger partial charge in [0.25, 0.3) is 11.8 Å². The monoisotopic (exact) mass is 516 g/mol. The Hall–Kier alpha value is -3.31. The molecule has 2 N–H and O–H groups in total. The van der Waals surface area contributed by atoms with Crippen LogP contribution in [0.5, 0.6) is 5.75 Å². The van der Waals surface area contributed by atoms with Crippen LogP contribution in [0.4, 0.5) is 8.78 Å². The lowest BCUT2D eigenvalue weighted by molar-refractivity contribution is -0.0788. The molecule has 2 amide bonds. The smallest absolute Gasteiger partial charge is 0.276 e. The van der Waals surface area contributed by atoms with Crippen LogP contribution >= 0.6 is 0 Å². The Morgan fingerprint density at radius 2 is 1.97 bits per heavy atom. The number of ether oxygens (including phenoxy) is 1. The molecular weight excluding hydrogens is 486 g/mol. The van der Waals surface area contributed by atoms with Crippen LogP contribution in [0.25, 0.3) is 0 Å². The highest BCUT2D eigenvalue weighted by molar-refractivity contribution is 5.99. The molecule has 1 aromatic carbocycles. The van der Waals surface area contributed by atoms with Gasteiger partial charge in [-0.15, -0.1) is 0 Å². The minimum Gasteiger partial charge on any atom is -0.503 e. The lowest BCUT2D eigenvalue weighted by Gasteiger charge is -2.55. The van der Waals surface area contributed by atoms with E-state index in [1.807, 2.05) is 4.90 Å². The molecule has 11 heteroatoms. The van der Waals surface area contributed by atoms with Gasteiger partial charge in [0.15, 0.2) is 11.4 Å². The Labute approximate surface area is 212 Å². The Balaban J connectivity index is 1.45. The number of hydrogen-bond donors (Lipinski definition) is 2. The average Bonchev–Trinajstić information content (AvgIpc) is 2.88. The van der Waals surface area contributed by atoms with Gasteiger partial charge in [-0.05, 0) is 24.8 Å². The third-order valence-corrected chi connectivity index (χ3v) is 7.77. The molecule has 1 aromatic heterocycles. The van der Waals surface area contributed by atoms with Crippen LogP contribution in [0.2, 0.25) is 0 Å². The number of amides is 2. The molecule has 2 fully saturated rings. The number of nitrogens with zero attached hydrogens (tertiary/aromatic N) is 3. The van der Waals surface area contributed by atoms with Gasteiger partial charge in [0, 0.05) is 50.6 Å². The molecule has 3 atom stereocenters. The third kappa shape index (κ3) is 4.61. The number of carbonyl (C=O) groups excluding carboxylic acids is 2. The van der Waals surface area contributed by atoms with Gasteiger partial charge in [-0.2, -0.15) is 0 Å². The number of methoxy groups -OCH3 is 1. The Bertz CT molecular complexity index is 1280. The normalized spacial score (nSPS) is 23.3. The molecule has 198 valence electrons. The van der Waals surface area contributed by atoms with E-state index in [1.165, 1.54) is 16.8 Å². The molecule has 1 saturated heterocycles. The summed E-state index contributed by atoms with van der Waals surface area (Å²) in [6, 6.07) is 3.00. The molecule has 1 saturated carbocycles. The van der Waals surface area contributed by atoms with Crippen molar-refractivity contribution in [2.75, 3.05) is 26.8 Å². The van der Waals surface area contributed by atoms with Crippen LogP contribution < -0.4 is 10.7 Å². The number of pyridine rings is 1. The van der Waals surface area contributed by atoms with E-state index in [4.69, 9.17) is 4.74 Å². The van der Waals surface area contributed by atoms with E-state index in [-0.39, 0.29) is 42.1 Å². The summed E-state index contributed by atoms with van der Waals surface area (Å²) in [7, 11) is 1.62. The first kappa shape index (κ1) is 25.3. The number of nitrogens with one attached hydrogen (secondary N) is 1. The van der Waals surface area contributed by atoms with Crippen LogP contribution in [0.3, 0.4) is 0 Å². The van der Waals surface area contributed by atoms with Crippen LogP contribution in [0.1, 0.15) is 52.1 Å². The standard InChI is InChI=1S/C26H30F2N4O5/c1-37-9-8-30-12-16-4-2-3-5-20(16)32-21(30)14-31-13-18(23(33)24(34)22(31)26(32)36)25(35)29-11-15-6-7-17(27)10-19(15)28/h6-7,10,13,16,20-21,34H,2-5,8-9,11-12,14H2,1H3,(H,29,35). The summed E-state index contributed by atoms with van der Waals surface area (Å²) in [5.41, 5.74) is -1.41. The summed E-state index contributed by atoms with van der Waals surface area (Å²) in [5.74, 6) is -3.29. The third-order valence-electron chi connectivity index (χ3n) is 7.77. The zero-order chi connectivity index (χ0) is 26.3. The minimum absolute atomic E-state index is 0.0295. The van der Waals surface area contributed by atoms with E-state index in [0.29, 0.717) is 25.1 Å². The largest absolute Gasteiger partial charge is 0.503 e. The summed E-state index contributed by atoms with van der Waals surface area (Å²) in [4.78, 5) is 43.6. The fourth-order valence-corrected chi connectivity index (χ4v) is 5.94. The molecule has 2 aromatic rings.